The molecule has 2 heteroatoms. The van der Waals surface area contributed by atoms with Gasteiger partial charge < -0.3 is 5.32 Å². The molecule has 0 atom stereocenters. The van der Waals surface area contributed by atoms with Crippen LogP contribution in [-0.4, -0.2) is 5.91 Å². The van der Waals surface area contributed by atoms with Crippen LogP contribution in [-0.2, 0) is 11.2 Å². The van der Waals surface area contributed by atoms with Gasteiger partial charge in [0.05, 0.1) is 0 Å². The van der Waals surface area contributed by atoms with Crippen molar-refractivity contribution in [2.45, 2.75) is 77.6 Å². The van der Waals surface area contributed by atoms with Crippen molar-refractivity contribution in [3.8, 4) is 11.1 Å². The van der Waals surface area contributed by atoms with E-state index in [0.29, 0.717) is 6.42 Å². The Morgan fingerprint density at radius 2 is 1.48 bits per heavy atom. The third kappa shape index (κ3) is 5.69. The molecule has 0 aromatic heterocycles. The van der Waals surface area contributed by atoms with Crippen LogP contribution in [0.5, 0.6) is 0 Å². The summed E-state index contributed by atoms with van der Waals surface area (Å²) in [5.41, 5.74) is 6.24. The molecule has 0 aliphatic heterocycles. The molecule has 0 saturated carbocycles. The zero-order chi connectivity index (χ0) is 18.9. The minimum atomic E-state index is 0.143. The lowest BCUT2D eigenvalue weighted by Crippen LogP contribution is -2.11. The Bertz CT molecular complexity index is 750. The van der Waals surface area contributed by atoms with Crippen molar-refractivity contribution in [2.75, 3.05) is 5.32 Å². The second-order valence-electron chi connectivity index (χ2n) is 7.83. The molecular formula is C25H33NO. The second-order valence-corrected chi connectivity index (χ2v) is 7.83. The van der Waals surface area contributed by atoms with Crippen molar-refractivity contribution < 1.29 is 4.79 Å². The van der Waals surface area contributed by atoms with Gasteiger partial charge in [-0.05, 0) is 47.2 Å². The third-order valence-electron chi connectivity index (χ3n) is 5.59. The molecule has 144 valence electrons. The molecule has 27 heavy (non-hydrogen) atoms. The van der Waals surface area contributed by atoms with Gasteiger partial charge in [-0.15, -0.1) is 0 Å². The Morgan fingerprint density at radius 1 is 0.815 bits per heavy atom. The van der Waals surface area contributed by atoms with Crippen molar-refractivity contribution in [1.82, 2.24) is 0 Å². The highest BCUT2D eigenvalue weighted by molar-refractivity contribution is 5.92. The molecule has 0 bridgehead atoms. The van der Waals surface area contributed by atoms with E-state index < -0.39 is 0 Å². The normalized spacial score (nSPS) is 11.9. The van der Waals surface area contributed by atoms with E-state index in [-0.39, 0.29) is 5.91 Å². The highest BCUT2D eigenvalue weighted by Gasteiger charge is 2.18. The standard InChI is InChI=1S/C25H33NO/c1-2-3-4-5-6-7-8-9-10-15-25(27)26-22-17-16-21-18-20-13-11-12-14-23(20)24(21)19-22/h11-14,16-17,19H,2-10,15,18H2,1H3,(H,26,27). The highest BCUT2D eigenvalue weighted by atomic mass is 16.1. The number of rotatable bonds is 11. The predicted octanol–water partition coefficient (Wildman–Crippen LogP) is 7.12. The molecule has 1 aliphatic rings. The van der Waals surface area contributed by atoms with E-state index in [1.807, 2.05) is 6.07 Å². The maximum Gasteiger partial charge on any atom is 0.224 e. The van der Waals surface area contributed by atoms with Crippen LogP contribution >= 0.6 is 0 Å². The van der Waals surface area contributed by atoms with Gasteiger partial charge in [-0.25, -0.2) is 0 Å². The van der Waals surface area contributed by atoms with E-state index in [0.717, 1.165) is 18.5 Å². The SMILES string of the molecule is CCCCCCCCCCCC(=O)Nc1ccc2c(c1)-c1ccccc1C2. The second kappa shape index (κ2) is 10.3. The fourth-order valence-corrected chi connectivity index (χ4v) is 4.02. The van der Waals surface area contributed by atoms with Crippen LogP contribution < -0.4 is 5.32 Å². The third-order valence-corrected chi connectivity index (χ3v) is 5.59. The summed E-state index contributed by atoms with van der Waals surface area (Å²) >= 11 is 0. The highest BCUT2D eigenvalue weighted by Crippen LogP contribution is 2.37. The van der Waals surface area contributed by atoms with Gasteiger partial charge in [0.15, 0.2) is 0 Å². The number of anilines is 1. The lowest BCUT2D eigenvalue weighted by molar-refractivity contribution is -0.116. The van der Waals surface area contributed by atoms with Gasteiger partial charge in [-0.3, -0.25) is 4.79 Å². The molecule has 3 rings (SSSR count). The van der Waals surface area contributed by atoms with Crippen LogP contribution in [0.2, 0.25) is 0 Å². The molecule has 0 unspecified atom stereocenters. The summed E-state index contributed by atoms with van der Waals surface area (Å²) in [7, 11) is 0. The summed E-state index contributed by atoms with van der Waals surface area (Å²) in [5.74, 6) is 0.143. The molecule has 2 nitrogen and oxygen atoms in total. The molecule has 0 radical (unpaired) electrons. The maximum absolute atomic E-state index is 12.3. The van der Waals surface area contributed by atoms with Gasteiger partial charge in [0.1, 0.15) is 0 Å². The minimum absolute atomic E-state index is 0.143. The van der Waals surface area contributed by atoms with Gasteiger partial charge in [0.25, 0.3) is 0 Å². The van der Waals surface area contributed by atoms with Crippen molar-refractivity contribution in [3.63, 3.8) is 0 Å². The first-order valence-corrected chi connectivity index (χ1v) is 10.8. The first-order valence-electron chi connectivity index (χ1n) is 10.8. The quantitative estimate of drug-likeness (QED) is 0.361. The molecule has 1 amide bonds. The Labute approximate surface area is 164 Å². The van der Waals surface area contributed by atoms with E-state index in [4.69, 9.17) is 0 Å². The first-order chi connectivity index (χ1) is 13.3. The van der Waals surface area contributed by atoms with Crippen molar-refractivity contribution in [3.05, 3.63) is 53.6 Å². The van der Waals surface area contributed by atoms with Gasteiger partial charge in [-0.2, -0.15) is 0 Å². The lowest BCUT2D eigenvalue weighted by atomic mass is 10.0. The molecule has 1 N–H and O–H groups in total. The van der Waals surface area contributed by atoms with E-state index in [1.165, 1.54) is 73.6 Å². The van der Waals surface area contributed by atoms with Gasteiger partial charge >= 0.3 is 0 Å². The zero-order valence-electron chi connectivity index (χ0n) is 16.7. The molecule has 0 saturated heterocycles. The Kier molecular flexibility index (Phi) is 7.50. The van der Waals surface area contributed by atoms with Crippen LogP contribution in [0.25, 0.3) is 11.1 Å². The number of carbonyl (C=O) groups excluding carboxylic acids is 1. The molecule has 2 aromatic carbocycles. The smallest absolute Gasteiger partial charge is 0.224 e. The number of fused-ring (bicyclic) bond motifs is 3. The number of benzene rings is 2. The molecule has 0 fully saturated rings. The number of nitrogens with one attached hydrogen (secondary N) is 1. The number of amides is 1. The Hall–Kier alpha value is -2.09. The monoisotopic (exact) mass is 363 g/mol. The van der Waals surface area contributed by atoms with E-state index >= 15 is 0 Å². The van der Waals surface area contributed by atoms with E-state index in [2.05, 4.69) is 48.6 Å². The Morgan fingerprint density at radius 3 is 2.26 bits per heavy atom. The van der Waals surface area contributed by atoms with Crippen molar-refractivity contribution >= 4 is 11.6 Å². The average molecular weight is 364 g/mol. The summed E-state index contributed by atoms with van der Waals surface area (Å²) in [6.07, 6.45) is 13.1. The molecule has 1 aliphatic carbocycles. The van der Waals surface area contributed by atoms with Crippen LogP contribution in [0.1, 0.15) is 82.3 Å². The van der Waals surface area contributed by atoms with Gasteiger partial charge in [0.2, 0.25) is 5.91 Å². The van der Waals surface area contributed by atoms with Crippen molar-refractivity contribution in [2.24, 2.45) is 0 Å². The van der Waals surface area contributed by atoms with Crippen LogP contribution in [0.15, 0.2) is 42.5 Å². The summed E-state index contributed by atoms with van der Waals surface area (Å²) in [4.78, 5) is 12.3. The fourth-order valence-electron chi connectivity index (χ4n) is 4.02. The molecule has 0 spiro atoms. The lowest BCUT2D eigenvalue weighted by Gasteiger charge is -2.08. The zero-order valence-corrected chi connectivity index (χ0v) is 16.7. The van der Waals surface area contributed by atoms with E-state index in [1.54, 1.807) is 0 Å². The van der Waals surface area contributed by atoms with Crippen LogP contribution in [0.3, 0.4) is 0 Å². The summed E-state index contributed by atoms with van der Waals surface area (Å²) in [6, 6.07) is 14.9. The molecular weight excluding hydrogens is 330 g/mol. The largest absolute Gasteiger partial charge is 0.326 e. The maximum atomic E-state index is 12.3. The molecule has 2 aromatic rings. The summed E-state index contributed by atoms with van der Waals surface area (Å²) in [6.45, 7) is 2.26. The molecule has 0 heterocycles. The number of hydrogen-bond acceptors (Lipinski definition) is 1. The predicted molar refractivity (Wildman–Crippen MR) is 115 cm³/mol. The summed E-state index contributed by atoms with van der Waals surface area (Å²) < 4.78 is 0. The average Bonchev–Trinajstić information content (AvgIpc) is 3.05. The minimum Gasteiger partial charge on any atom is -0.326 e. The number of hydrogen-bond donors (Lipinski definition) is 1. The van der Waals surface area contributed by atoms with Gasteiger partial charge in [-0.1, -0.05) is 88.6 Å². The number of unbranched alkanes of at least 4 members (excludes halogenated alkanes) is 8. The number of carbonyl (C=O) groups is 1. The summed E-state index contributed by atoms with van der Waals surface area (Å²) in [5, 5.41) is 3.09. The fraction of sp³-hybridized carbons (Fsp3) is 0.480. The van der Waals surface area contributed by atoms with Crippen LogP contribution in [0.4, 0.5) is 5.69 Å². The van der Waals surface area contributed by atoms with Crippen LogP contribution in [0, 0.1) is 0 Å². The Balaban J connectivity index is 1.37. The topological polar surface area (TPSA) is 29.1 Å². The van der Waals surface area contributed by atoms with Gasteiger partial charge in [0, 0.05) is 12.1 Å². The first kappa shape index (κ1) is 19.7. The van der Waals surface area contributed by atoms with Crippen molar-refractivity contribution in [1.29, 1.82) is 0 Å². The van der Waals surface area contributed by atoms with E-state index in [9.17, 15) is 4.79 Å².